The molecule has 5 nitrogen and oxygen atoms in total. The van der Waals surface area contributed by atoms with E-state index in [4.69, 9.17) is 0 Å². The number of hydrogen-bond acceptors (Lipinski definition) is 3. The maximum atomic E-state index is 13.3. The Balaban J connectivity index is 1.62. The van der Waals surface area contributed by atoms with Gasteiger partial charge in [-0.05, 0) is 60.2 Å². The number of pyridine rings is 2. The van der Waals surface area contributed by atoms with Crippen molar-refractivity contribution < 1.29 is 9.18 Å². The van der Waals surface area contributed by atoms with Gasteiger partial charge in [0.25, 0.3) is 0 Å². The van der Waals surface area contributed by atoms with Gasteiger partial charge in [0.05, 0.1) is 17.9 Å². The van der Waals surface area contributed by atoms with Gasteiger partial charge in [-0.15, -0.1) is 0 Å². The van der Waals surface area contributed by atoms with Gasteiger partial charge in [0, 0.05) is 17.8 Å². The van der Waals surface area contributed by atoms with Crippen LogP contribution in [0.1, 0.15) is 5.69 Å². The fraction of sp³-hybridized carbons (Fsp3) is 0.0952. The van der Waals surface area contributed by atoms with E-state index in [1.807, 2.05) is 41.0 Å². The lowest BCUT2D eigenvalue weighted by atomic mass is 10.1. The SMILES string of the molecule is O=C(Cn1c(-c2ccc(F)cc2)cc2cccnc21)NCc1ccccn1. The average Bonchev–Trinajstić information content (AvgIpc) is 3.06. The van der Waals surface area contributed by atoms with Crippen LogP contribution in [0.2, 0.25) is 0 Å². The zero-order chi connectivity index (χ0) is 18.6. The predicted molar refractivity (Wildman–Crippen MR) is 101 cm³/mol. The van der Waals surface area contributed by atoms with Gasteiger partial charge in [0.15, 0.2) is 0 Å². The zero-order valence-corrected chi connectivity index (χ0v) is 14.5. The average molecular weight is 360 g/mol. The van der Waals surface area contributed by atoms with E-state index in [1.54, 1.807) is 24.5 Å². The van der Waals surface area contributed by atoms with Crippen molar-refractivity contribution in [3.05, 3.63) is 84.6 Å². The van der Waals surface area contributed by atoms with E-state index in [9.17, 15) is 9.18 Å². The first-order valence-electron chi connectivity index (χ1n) is 8.57. The Kier molecular flexibility index (Phi) is 4.61. The van der Waals surface area contributed by atoms with Crippen LogP contribution >= 0.6 is 0 Å². The lowest BCUT2D eigenvalue weighted by Gasteiger charge is -2.11. The normalized spacial score (nSPS) is 10.9. The Labute approximate surface area is 155 Å². The van der Waals surface area contributed by atoms with Crippen molar-refractivity contribution in [2.24, 2.45) is 0 Å². The van der Waals surface area contributed by atoms with Gasteiger partial charge < -0.3 is 9.88 Å². The Hall–Kier alpha value is -3.54. The molecular weight excluding hydrogens is 343 g/mol. The number of nitrogens with one attached hydrogen (secondary N) is 1. The molecule has 4 aromatic rings. The number of hydrogen-bond donors (Lipinski definition) is 1. The van der Waals surface area contributed by atoms with Gasteiger partial charge in [0.1, 0.15) is 18.0 Å². The monoisotopic (exact) mass is 360 g/mol. The molecule has 0 fully saturated rings. The second-order valence-electron chi connectivity index (χ2n) is 6.14. The Bertz CT molecular complexity index is 1070. The minimum Gasteiger partial charge on any atom is -0.349 e. The molecule has 0 bridgehead atoms. The van der Waals surface area contributed by atoms with Gasteiger partial charge in [-0.2, -0.15) is 0 Å². The largest absolute Gasteiger partial charge is 0.349 e. The highest BCUT2D eigenvalue weighted by Crippen LogP contribution is 2.27. The van der Waals surface area contributed by atoms with Gasteiger partial charge in [-0.1, -0.05) is 6.07 Å². The van der Waals surface area contributed by atoms with Crippen LogP contribution in [0, 0.1) is 5.82 Å². The van der Waals surface area contributed by atoms with E-state index < -0.39 is 0 Å². The van der Waals surface area contributed by atoms with Crippen LogP contribution in [-0.4, -0.2) is 20.4 Å². The third-order valence-corrected chi connectivity index (χ3v) is 4.29. The van der Waals surface area contributed by atoms with E-state index in [0.29, 0.717) is 12.2 Å². The topological polar surface area (TPSA) is 59.8 Å². The smallest absolute Gasteiger partial charge is 0.240 e. The van der Waals surface area contributed by atoms with Crippen molar-refractivity contribution in [3.8, 4) is 11.3 Å². The number of carbonyl (C=O) groups excluding carboxylic acids is 1. The third kappa shape index (κ3) is 3.69. The molecule has 1 amide bonds. The molecule has 6 heteroatoms. The highest BCUT2D eigenvalue weighted by atomic mass is 19.1. The van der Waals surface area contributed by atoms with Crippen LogP contribution in [0.25, 0.3) is 22.3 Å². The van der Waals surface area contributed by atoms with E-state index in [1.165, 1.54) is 12.1 Å². The first-order valence-corrected chi connectivity index (χ1v) is 8.57. The molecule has 1 aromatic carbocycles. The van der Waals surface area contributed by atoms with E-state index >= 15 is 0 Å². The van der Waals surface area contributed by atoms with Crippen LogP contribution in [0.15, 0.2) is 73.1 Å². The van der Waals surface area contributed by atoms with Crippen molar-refractivity contribution in [2.45, 2.75) is 13.1 Å². The summed E-state index contributed by atoms with van der Waals surface area (Å²) in [6.45, 7) is 0.470. The molecule has 134 valence electrons. The number of aromatic nitrogens is 3. The summed E-state index contributed by atoms with van der Waals surface area (Å²) in [6, 6.07) is 17.5. The van der Waals surface area contributed by atoms with Crippen molar-refractivity contribution >= 4 is 16.9 Å². The van der Waals surface area contributed by atoms with E-state index in [-0.39, 0.29) is 18.3 Å². The van der Waals surface area contributed by atoms with Gasteiger partial charge in [0.2, 0.25) is 5.91 Å². The van der Waals surface area contributed by atoms with Crippen molar-refractivity contribution in [1.82, 2.24) is 19.9 Å². The maximum Gasteiger partial charge on any atom is 0.240 e. The number of rotatable bonds is 5. The summed E-state index contributed by atoms with van der Waals surface area (Å²) in [6.07, 6.45) is 3.39. The second kappa shape index (κ2) is 7.37. The summed E-state index contributed by atoms with van der Waals surface area (Å²) in [5.41, 5.74) is 3.15. The molecule has 27 heavy (non-hydrogen) atoms. The lowest BCUT2D eigenvalue weighted by molar-refractivity contribution is -0.121. The zero-order valence-electron chi connectivity index (χ0n) is 14.5. The third-order valence-electron chi connectivity index (χ3n) is 4.29. The fourth-order valence-electron chi connectivity index (χ4n) is 3.00. The number of halogens is 1. The standard InChI is InChI=1S/C21H17FN4O/c22-17-8-6-15(7-9-17)19-12-16-4-3-11-24-21(16)26(19)14-20(27)25-13-18-5-1-2-10-23-18/h1-12H,13-14H2,(H,25,27). The van der Waals surface area contributed by atoms with Crippen LogP contribution in [0.5, 0.6) is 0 Å². The van der Waals surface area contributed by atoms with Gasteiger partial charge in [-0.3, -0.25) is 9.78 Å². The number of fused-ring (bicyclic) bond motifs is 1. The maximum absolute atomic E-state index is 13.3. The Morgan fingerprint density at radius 3 is 2.59 bits per heavy atom. The molecule has 0 aliphatic heterocycles. The first kappa shape index (κ1) is 16.9. The predicted octanol–water partition coefficient (Wildman–Crippen LogP) is 3.55. The van der Waals surface area contributed by atoms with Gasteiger partial charge >= 0.3 is 0 Å². The highest BCUT2D eigenvalue weighted by molar-refractivity contribution is 5.87. The minimum atomic E-state index is -0.298. The molecule has 0 spiro atoms. The summed E-state index contributed by atoms with van der Waals surface area (Å²) < 4.78 is 15.1. The Morgan fingerprint density at radius 2 is 1.81 bits per heavy atom. The van der Waals surface area contributed by atoms with E-state index in [2.05, 4.69) is 15.3 Å². The summed E-state index contributed by atoms with van der Waals surface area (Å²) in [5, 5.41) is 3.81. The van der Waals surface area contributed by atoms with E-state index in [0.717, 1.165) is 22.3 Å². The number of nitrogens with zero attached hydrogens (tertiary/aromatic N) is 3. The Morgan fingerprint density at radius 1 is 1.00 bits per heavy atom. The van der Waals surface area contributed by atoms with Crippen LogP contribution in [0.3, 0.4) is 0 Å². The van der Waals surface area contributed by atoms with Crippen LogP contribution < -0.4 is 5.32 Å². The first-order chi connectivity index (χ1) is 13.2. The molecule has 0 saturated heterocycles. The van der Waals surface area contributed by atoms with Gasteiger partial charge in [-0.25, -0.2) is 9.37 Å². The quantitative estimate of drug-likeness (QED) is 0.592. The summed E-state index contributed by atoms with van der Waals surface area (Å²) in [7, 11) is 0. The van der Waals surface area contributed by atoms with Crippen LogP contribution in [-0.2, 0) is 17.9 Å². The molecular formula is C21H17FN4O. The molecule has 0 aliphatic carbocycles. The highest BCUT2D eigenvalue weighted by Gasteiger charge is 2.14. The number of amides is 1. The number of carbonyl (C=O) groups is 1. The van der Waals surface area contributed by atoms with Crippen LogP contribution in [0.4, 0.5) is 4.39 Å². The molecule has 3 aromatic heterocycles. The molecule has 0 atom stereocenters. The van der Waals surface area contributed by atoms with Crippen molar-refractivity contribution in [2.75, 3.05) is 0 Å². The molecule has 1 N–H and O–H groups in total. The second-order valence-corrected chi connectivity index (χ2v) is 6.14. The lowest BCUT2D eigenvalue weighted by Crippen LogP contribution is -2.27. The fourth-order valence-corrected chi connectivity index (χ4v) is 3.00. The molecule has 4 rings (SSSR count). The molecule has 0 saturated carbocycles. The molecule has 0 aliphatic rings. The molecule has 0 radical (unpaired) electrons. The summed E-state index contributed by atoms with van der Waals surface area (Å²) in [4.78, 5) is 21.1. The number of benzene rings is 1. The summed E-state index contributed by atoms with van der Waals surface area (Å²) >= 11 is 0. The van der Waals surface area contributed by atoms with Crippen molar-refractivity contribution in [3.63, 3.8) is 0 Å². The van der Waals surface area contributed by atoms with Crippen molar-refractivity contribution in [1.29, 1.82) is 0 Å². The molecule has 0 unspecified atom stereocenters. The minimum absolute atomic E-state index is 0.111. The summed E-state index contributed by atoms with van der Waals surface area (Å²) in [5.74, 6) is -0.445. The molecule has 3 heterocycles.